The average molecular weight is 320 g/mol. The monoisotopic (exact) mass is 320 g/mol. The lowest BCUT2D eigenvalue weighted by Gasteiger charge is -2.04. The Balaban J connectivity index is 1.90. The Hall–Kier alpha value is -3.34. The fourth-order valence-corrected chi connectivity index (χ4v) is 2.43. The topological polar surface area (TPSA) is 71.2 Å². The lowest BCUT2D eigenvalue weighted by atomic mass is 10.2. The van der Waals surface area contributed by atoms with Gasteiger partial charge < -0.3 is 15.0 Å². The van der Waals surface area contributed by atoms with Gasteiger partial charge in [0.05, 0.1) is 12.8 Å². The zero-order valence-electron chi connectivity index (χ0n) is 13.1. The SMILES string of the molecule is COC(=O)c1[nH]c2ccccc2c1NC(=O)/C=C/c1ccccc1. The molecule has 0 radical (unpaired) electrons. The largest absolute Gasteiger partial charge is 0.464 e. The van der Waals surface area contributed by atoms with Crippen LogP contribution in [0.2, 0.25) is 0 Å². The Labute approximate surface area is 139 Å². The Bertz CT molecular complexity index is 911. The number of hydrogen-bond donors (Lipinski definition) is 2. The van der Waals surface area contributed by atoms with Crippen molar-refractivity contribution in [3.05, 3.63) is 71.9 Å². The highest BCUT2D eigenvalue weighted by atomic mass is 16.5. The van der Waals surface area contributed by atoms with E-state index in [4.69, 9.17) is 4.74 Å². The van der Waals surface area contributed by atoms with Crippen molar-refractivity contribution in [2.45, 2.75) is 0 Å². The molecule has 1 aromatic heterocycles. The van der Waals surface area contributed by atoms with Crippen molar-refractivity contribution in [1.82, 2.24) is 4.98 Å². The Morgan fingerprint density at radius 3 is 2.50 bits per heavy atom. The van der Waals surface area contributed by atoms with Gasteiger partial charge in [0.1, 0.15) is 5.69 Å². The van der Waals surface area contributed by atoms with Gasteiger partial charge in [0, 0.05) is 17.0 Å². The Kier molecular flexibility index (Phi) is 4.43. The number of benzene rings is 2. The van der Waals surface area contributed by atoms with Crippen LogP contribution in [0.1, 0.15) is 16.1 Å². The molecule has 0 spiro atoms. The summed E-state index contributed by atoms with van der Waals surface area (Å²) in [5.41, 5.74) is 2.31. The number of nitrogens with one attached hydrogen (secondary N) is 2. The molecule has 5 heteroatoms. The first kappa shape index (κ1) is 15.6. The second-order valence-electron chi connectivity index (χ2n) is 5.15. The third-order valence-electron chi connectivity index (χ3n) is 3.57. The molecule has 0 fully saturated rings. The van der Waals surface area contributed by atoms with E-state index in [1.54, 1.807) is 6.08 Å². The zero-order chi connectivity index (χ0) is 16.9. The minimum absolute atomic E-state index is 0.222. The van der Waals surface area contributed by atoms with E-state index < -0.39 is 5.97 Å². The maximum Gasteiger partial charge on any atom is 0.356 e. The van der Waals surface area contributed by atoms with Gasteiger partial charge in [0.15, 0.2) is 0 Å². The van der Waals surface area contributed by atoms with Crippen LogP contribution in [-0.4, -0.2) is 24.0 Å². The highest BCUT2D eigenvalue weighted by molar-refractivity contribution is 6.13. The number of para-hydroxylation sites is 1. The van der Waals surface area contributed by atoms with Crippen LogP contribution < -0.4 is 5.32 Å². The third-order valence-corrected chi connectivity index (χ3v) is 3.57. The van der Waals surface area contributed by atoms with Gasteiger partial charge in [-0.3, -0.25) is 4.79 Å². The van der Waals surface area contributed by atoms with Crippen molar-refractivity contribution in [2.24, 2.45) is 0 Å². The lowest BCUT2D eigenvalue weighted by molar-refractivity contribution is -0.111. The summed E-state index contributed by atoms with van der Waals surface area (Å²) in [7, 11) is 1.30. The molecule has 120 valence electrons. The summed E-state index contributed by atoms with van der Waals surface area (Å²) < 4.78 is 4.78. The van der Waals surface area contributed by atoms with E-state index in [-0.39, 0.29) is 11.6 Å². The molecule has 5 nitrogen and oxygen atoms in total. The Morgan fingerprint density at radius 1 is 1.04 bits per heavy atom. The van der Waals surface area contributed by atoms with E-state index in [9.17, 15) is 9.59 Å². The minimum Gasteiger partial charge on any atom is -0.464 e. The number of anilines is 1. The van der Waals surface area contributed by atoms with Crippen LogP contribution in [0.25, 0.3) is 17.0 Å². The highest BCUT2D eigenvalue weighted by Gasteiger charge is 2.19. The fourth-order valence-electron chi connectivity index (χ4n) is 2.43. The average Bonchev–Trinajstić information content (AvgIpc) is 2.99. The zero-order valence-corrected chi connectivity index (χ0v) is 13.1. The van der Waals surface area contributed by atoms with Gasteiger partial charge in [-0.15, -0.1) is 0 Å². The van der Waals surface area contributed by atoms with Crippen molar-refractivity contribution < 1.29 is 14.3 Å². The molecule has 0 aliphatic carbocycles. The summed E-state index contributed by atoms with van der Waals surface area (Å²) >= 11 is 0. The molecule has 24 heavy (non-hydrogen) atoms. The smallest absolute Gasteiger partial charge is 0.356 e. The van der Waals surface area contributed by atoms with Gasteiger partial charge in [0.2, 0.25) is 5.91 Å². The third kappa shape index (κ3) is 3.20. The molecular formula is C19H16N2O3. The van der Waals surface area contributed by atoms with E-state index in [1.807, 2.05) is 54.6 Å². The molecule has 3 aromatic rings. The van der Waals surface area contributed by atoms with E-state index in [0.717, 1.165) is 16.5 Å². The number of aromatic amines is 1. The standard InChI is InChI=1S/C19H16N2O3/c1-24-19(23)18-17(14-9-5-6-10-15(14)20-18)21-16(22)12-11-13-7-3-2-4-8-13/h2-12,20H,1H3,(H,21,22)/b12-11+. The molecule has 0 aliphatic heterocycles. The summed E-state index contributed by atoms with van der Waals surface area (Å²) in [5.74, 6) is -0.859. The minimum atomic E-state index is -0.534. The number of esters is 1. The van der Waals surface area contributed by atoms with Gasteiger partial charge in [-0.05, 0) is 17.7 Å². The molecule has 1 amide bonds. The molecule has 1 heterocycles. The summed E-state index contributed by atoms with van der Waals surface area (Å²) in [6, 6.07) is 16.8. The molecule has 2 N–H and O–H groups in total. The van der Waals surface area contributed by atoms with Crippen molar-refractivity contribution in [1.29, 1.82) is 0 Å². The van der Waals surface area contributed by atoms with Crippen molar-refractivity contribution in [3.63, 3.8) is 0 Å². The number of H-pyrrole nitrogens is 1. The van der Waals surface area contributed by atoms with Crippen LogP contribution in [-0.2, 0) is 9.53 Å². The summed E-state index contributed by atoms with van der Waals surface area (Å²) in [6.45, 7) is 0. The van der Waals surface area contributed by atoms with Gasteiger partial charge >= 0.3 is 5.97 Å². The van der Waals surface area contributed by atoms with Gasteiger partial charge in [-0.1, -0.05) is 48.5 Å². The van der Waals surface area contributed by atoms with Crippen LogP contribution in [0.5, 0.6) is 0 Å². The highest BCUT2D eigenvalue weighted by Crippen LogP contribution is 2.28. The first-order valence-electron chi connectivity index (χ1n) is 7.42. The van der Waals surface area contributed by atoms with Gasteiger partial charge in [-0.25, -0.2) is 4.79 Å². The fraction of sp³-hybridized carbons (Fsp3) is 0.0526. The molecule has 0 saturated carbocycles. The lowest BCUT2D eigenvalue weighted by Crippen LogP contribution is -2.12. The number of rotatable bonds is 4. The van der Waals surface area contributed by atoms with Crippen LogP contribution in [0, 0.1) is 0 Å². The molecule has 2 aromatic carbocycles. The van der Waals surface area contributed by atoms with E-state index in [0.29, 0.717) is 5.69 Å². The molecule has 0 bridgehead atoms. The summed E-state index contributed by atoms with van der Waals surface area (Å²) in [4.78, 5) is 27.1. The number of fused-ring (bicyclic) bond motifs is 1. The number of carbonyl (C=O) groups is 2. The molecule has 0 unspecified atom stereocenters. The van der Waals surface area contributed by atoms with Crippen molar-refractivity contribution in [2.75, 3.05) is 12.4 Å². The van der Waals surface area contributed by atoms with E-state index in [1.165, 1.54) is 13.2 Å². The number of ether oxygens (including phenoxy) is 1. The van der Waals surface area contributed by atoms with E-state index in [2.05, 4.69) is 10.3 Å². The number of aromatic nitrogens is 1. The normalized spacial score (nSPS) is 10.9. The number of methoxy groups -OCH3 is 1. The molecule has 0 atom stereocenters. The number of hydrogen-bond acceptors (Lipinski definition) is 3. The van der Waals surface area contributed by atoms with Crippen LogP contribution in [0.15, 0.2) is 60.7 Å². The molecule has 3 rings (SSSR count). The molecule has 0 saturated heterocycles. The Morgan fingerprint density at radius 2 is 1.75 bits per heavy atom. The van der Waals surface area contributed by atoms with Crippen LogP contribution >= 0.6 is 0 Å². The van der Waals surface area contributed by atoms with E-state index >= 15 is 0 Å². The number of amides is 1. The second-order valence-corrected chi connectivity index (χ2v) is 5.15. The van der Waals surface area contributed by atoms with Gasteiger partial charge in [-0.2, -0.15) is 0 Å². The number of carbonyl (C=O) groups excluding carboxylic acids is 2. The first-order valence-corrected chi connectivity index (χ1v) is 7.42. The predicted octanol–water partition coefficient (Wildman–Crippen LogP) is 3.61. The summed E-state index contributed by atoms with van der Waals surface area (Å²) in [6.07, 6.45) is 3.14. The maximum atomic E-state index is 12.2. The summed E-state index contributed by atoms with van der Waals surface area (Å²) in [5, 5.41) is 3.51. The van der Waals surface area contributed by atoms with Crippen molar-refractivity contribution >= 4 is 34.5 Å². The van der Waals surface area contributed by atoms with Gasteiger partial charge in [0.25, 0.3) is 0 Å². The maximum absolute atomic E-state index is 12.2. The van der Waals surface area contributed by atoms with Crippen LogP contribution in [0.3, 0.4) is 0 Å². The molecular weight excluding hydrogens is 304 g/mol. The van der Waals surface area contributed by atoms with Crippen LogP contribution in [0.4, 0.5) is 5.69 Å². The first-order chi connectivity index (χ1) is 11.7. The predicted molar refractivity (Wildman–Crippen MR) is 93.7 cm³/mol. The molecule has 0 aliphatic rings. The van der Waals surface area contributed by atoms with Crippen molar-refractivity contribution in [3.8, 4) is 0 Å². The quantitative estimate of drug-likeness (QED) is 0.570. The second kappa shape index (κ2) is 6.83.